The summed E-state index contributed by atoms with van der Waals surface area (Å²) in [4.78, 5) is 4.39. The van der Waals surface area contributed by atoms with Crippen LogP contribution < -0.4 is 15.4 Å². The third kappa shape index (κ3) is 10.6. The lowest BCUT2D eigenvalue weighted by Gasteiger charge is -2.22. The van der Waals surface area contributed by atoms with Crippen molar-refractivity contribution in [2.45, 2.75) is 38.8 Å². The molecular formula is C17H27F3IN3O3. The van der Waals surface area contributed by atoms with Crippen molar-refractivity contribution in [2.24, 2.45) is 4.99 Å². The van der Waals surface area contributed by atoms with Crippen molar-refractivity contribution >= 4 is 29.9 Å². The summed E-state index contributed by atoms with van der Waals surface area (Å²) >= 11 is 0. The van der Waals surface area contributed by atoms with Gasteiger partial charge >= 0.3 is 6.36 Å². The highest BCUT2D eigenvalue weighted by molar-refractivity contribution is 14.0. The Morgan fingerprint density at radius 1 is 1.19 bits per heavy atom. The molecular weight excluding hydrogens is 478 g/mol. The SMILES string of the molecule is CCNC(=NCC(C)(C)OC)NCC(O)c1ccc(OC(F)(F)F)cc1.I. The summed E-state index contributed by atoms with van der Waals surface area (Å²) in [5.74, 6) is 0.173. The minimum Gasteiger partial charge on any atom is -0.406 e. The van der Waals surface area contributed by atoms with Crippen LogP contribution in [0.15, 0.2) is 29.3 Å². The summed E-state index contributed by atoms with van der Waals surface area (Å²) in [6.07, 6.45) is -5.66. The normalized spacial score (nSPS) is 13.6. The van der Waals surface area contributed by atoms with Gasteiger partial charge < -0.3 is 25.2 Å². The Morgan fingerprint density at radius 2 is 1.78 bits per heavy atom. The third-order valence-electron chi connectivity index (χ3n) is 3.48. The zero-order valence-electron chi connectivity index (χ0n) is 15.8. The molecule has 156 valence electrons. The van der Waals surface area contributed by atoms with Gasteiger partial charge in [-0.2, -0.15) is 0 Å². The molecule has 1 aromatic rings. The second kappa shape index (κ2) is 11.5. The molecule has 0 saturated heterocycles. The molecule has 0 heterocycles. The highest BCUT2D eigenvalue weighted by atomic mass is 127. The van der Waals surface area contributed by atoms with E-state index >= 15 is 0 Å². The second-order valence-corrected chi connectivity index (χ2v) is 6.17. The Morgan fingerprint density at radius 3 is 2.26 bits per heavy atom. The predicted molar refractivity (Wildman–Crippen MR) is 109 cm³/mol. The Hall–Kier alpha value is -1.27. The summed E-state index contributed by atoms with van der Waals surface area (Å²) < 4.78 is 45.6. The number of hydrogen-bond donors (Lipinski definition) is 3. The van der Waals surface area contributed by atoms with E-state index in [1.807, 2.05) is 20.8 Å². The number of benzene rings is 1. The molecule has 1 atom stereocenters. The molecule has 0 aliphatic heterocycles. The Balaban J connectivity index is 0.00000676. The van der Waals surface area contributed by atoms with Crippen molar-refractivity contribution in [2.75, 3.05) is 26.7 Å². The molecule has 0 saturated carbocycles. The predicted octanol–water partition coefficient (Wildman–Crippen LogP) is 3.22. The van der Waals surface area contributed by atoms with Crippen LogP contribution in [0.3, 0.4) is 0 Å². The molecule has 0 aliphatic rings. The van der Waals surface area contributed by atoms with Gasteiger partial charge in [0.2, 0.25) is 0 Å². The van der Waals surface area contributed by atoms with Gasteiger partial charge in [0.25, 0.3) is 0 Å². The van der Waals surface area contributed by atoms with Crippen LogP contribution in [0.4, 0.5) is 13.2 Å². The number of hydrogen-bond acceptors (Lipinski definition) is 4. The fourth-order valence-corrected chi connectivity index (χ4v) is 1.88. The van der Waals surface area contributed by atoms with Crippen LogP contribution in [0.1, 0.15) is 32.4 Å². The lowest BCUT2D eigenvalue weighted by Crippen LogP contribution is -2.40. The zero-order chi connectivity index (χ0) is 19.8. The first-order valence-electron chi connectivity index (χ1n) is 8.17. The number of halogens is 4. The van der Waals surface area contributed by atoms with Gasteiger partial charge in [0.15, 0.2) is 5.96 Å². The van der Waals surface area contributed by atoms with Crippen molar-refractivity contribution in [1.82, 2.24) is 10.6 Å². The average Bonchev–Trinajstić information content (AvgIpc) is 2.56. The number of nitrogens with zero attached hydrogens (tertiary/aromatic N) is 1. The van der Waals surface area contributed by atoms with Crippen LogP contribution in [0.2, 0.25) is 0 Å². The highest BCUT2D eigenvalue weighted by Crippen LogP contribution is 2.24. The average molecular weight is 505 g/mol. The quantitative estimate of drug-likeness (QED) is 0.288. The number of rotatable bonds is 8. The number of nitrogens with one attached hydrogen (secondary N) is 2. The molecule has 0 aromatic heterocycles. The maximum Gasteiger partial charge on any atom is 0.573 e. The van der Waals surface area contributed by atoms with E-state index in [0.717, 1.165) is 12.1 Å². The number of methoxy groups -OCH3 is 1. The minimum absolute atomic E-state index is 0. The summed E-state index contributed by atoms with van der Waals surface area (Å²) in [7, 11) is 1.60. The van der Waals surface area contributed by atoms with E-state index in [1.54, 1.807) is 7.11 Å². The first-order valence-corrected chi connectivity index (χ1v) is 8.17. The van der Waals surface area contributed by atoms with Gasteiger partial charge in [-0.1, -0.05) is 12.1 Å². The number of aliphatic imine (C=N–C) groups is 1. The molecule has 3 N–H and O–H groups in total. The number of guanidine groups is 1. The topological polar surface area (TPSA) is 75.1 Å². The maximum absolute atomic E-state index is 12.2. The van der Waals surface area contributed by atoms with Crippen LogP contribution >= 0.6 is 24.0 Å². The molecule has 1 unspecified atom stereocenters. The Kier molecular flexibility index (Phi) is 11.0. The number of aliphatic hydroxyl groups excluding tert-OH is 1. The van der Waals surface area contributed by atoms with E-state index in [0.29, 0.717) is 24.6 Å². The van der Waals surface area contributed by atoms with E-state index in [1.165, 1.54) is 12.1 Å². The van der Waals surface area contributed by atoms with Crippen molar-refractivity contribution < 1.29 is 27.8 Å². The summed E-state index contributed by atoms with van der Waals surface area (Å²) in [6.45, 7) is 6.91. The first-order chi connectivity index (χ1) is 12.1. The van der Waals surface area contributed by atoms with Gasteiger partial charge in [-0.3, -0.25) is 4.99 Å². The van der Waals surface area contributed by atoms with Crippen LogP contribution in [0, 0.1) is 0 Å². The second-order valence-electron chi connectivity index (χ2n) is 6.17. The molecule has 0 bridgehead atoms. The molecule has 0 fully saturated rings. The van der Waals surface area contributed by atoms with Crippen LogP contribution in [0.5, 0.6) is 5.75 Å². The van der Waals surface area contributed by atoms with Gasteiger partial charge in [0.1, 0.15) is 5.75 Å². The number of alkyl halides is 3. The van der Waals surface area contributed by atoms with Crippen molar-refractivity contribution in [3.8, 4) is 5.75 Å². The zero-order valence-corrected chi connectivity index (χ0v) is 18.1. The maximum atomic E-state index is 12.2. The summed E-state index contributed by atoms with van der Waals surface area (Å²) in [5, 5.41) is 16.2. The van der Waals surface area contributed by atoms with Crippen LogP contribution in [0.25, 0.3) is 0 Å². The molecule has 27 heavy (non-hydrogen) atoms. The monoisotopic (exact) mass is 505 g/mol. The lowest BCUT2D eigenvalue weighted by molar-refractivity contribution is -0.274. The van der Waals surface area contributed by atoms with Crippen molar-refractivity contribution in [3.05, 3.63) is 29.8 Å². The van der Waals surface area contributed by atoms with Crippen LogP contribution in [-0.2, 0) is 4.74 Å². The molecule has 6 nitrogen and oxygen atoms in total. The van der Waals surface area contributed by atoms with E-state index in [2.05, 4.69) is 20.4 Å². The van der Waals surface area contributed by atoms with E-state index in [4.69, 9.17) is 4.74 Å². The Bertz CT molecular complexity index is 581. The molecule has 10 heteroatoms. The van der Waals surface area contributed by atoms with Gasteiger partial charge in [0, 0.05) is 20.2 Å². The summed E-state index contributed by atoms with van der Waals surface area (Å²) in [6, 6.07) is 5.08. The number of aliphatic hydroxyl groups is 1. The highest BCUT2D eigenvalue weighted by Gasteiger charge is 2.31. The van der Waals surface area contributed by atoms with E-state index in [-0.39, 0.29) is 36.3 Å². The van der Waals surface area contributed by atoms with E-state index in [9.17, 15) is 18.3 Å². The molecule has 1 rings (SSSR count). The molecule has 0 amide bonds. The summed E-state index contributed by atoms with van der Waals surface area (Å²) in [5.41, 5.74) is 0.0371. The smallest absolute Gasteiger partial charge is 0.406 e. The van der Waals surface area contributed by atoms with Gasteiger partial charge in [-0.15, -0.1) is 37.1 Å². The minimum atomic E-state index is -4.74. The van der Waals surface area contributed by atoms with Crippen LogP contribution in [-0.4, -0.2) is 49.8 Å². The third-order valence-corrected chi connectivity index (χ3v) is 3.48. The molecule has 0 spiro atoms. The van der Waals surface area contributed by atoms with Gasteiger partial charge in [0.05, 0.1) is 18.2 Å². The van der Waals surface area contributed by atoms with E-state index < -0.39 is 18.1 Å². The standard InChI is InChI=1S/C17H26F3N3O3.HI/c1-5-21-15(23-11-16(2,3)25-4)22-10-14(24)12-6-8-13(9-7-12)26-17(18,19)20;/h6-9,14,24H,5,10-11H2,1-4H3,(H2,21,22,23);1H. The first kappa shape index (κ1) is 25.7. The lowest BCUT2D eigenvalue weighted by atomic mass is 10.1. The molecule has 0 aliphatic carbocycles. The largest absolute Gasteiger partial charge is 0.573 e. The van der Waals surface area contributed by atoms with Crippen molar-refractivity contribution in [1.29, 1.82) is 0 Å². The molecule has 1 aromatic carbocycles. The van der Waals surface area contributed by atoms with Gasteiger partial charge in [-0.05, 0) is 38.5 Å². The fourth-order valence-electron chi connectivity index (χ4n) is 1.88. The van der Waals surface area contributed by atoms with Crippen molar-refractivity contribution in [3.63, 3.8) is 0 Å². The molecule has 0 radical (unpaired) electrons. The number of ether oxygens (including phenoxy) is 2. The fraction of sp³-hybridized carbons (Fsp3) is 0.588. The van der Waals surface area contributed by atoms with Gasteiger partial charge in [-0.25, -0.2) is 0 Å². The Labute approximate surface area is 174 Å².